The maximum absolute atomic E-state index is 12.2. The fraction of sp³-hybridized carbons (Fsp3) is 0.357. The first kappa shape index (κ1) is 13.8. The van der Waals surface area contributed by atoms with Crippen LogP contribution in [-0.2, 0) is 0 Å². The van der Waals surface area contributed by atoms with Crippen LogP contribution in [0.4, 0.5) is 9.80 Å². The monoisotopic (exact) mass is 304 g/mol. The molecule has 7 heteroatoms. The molecule has 0 spiro atoms. The number of hydrogen-bond donors (Lipinski definition) is 1. The molecule has 2 aromatic heterocycles. The molecule has 3 heterocycles. The van der Waals surface area contributed by atoms with E-state index >= 15 is 0 Å². The number of likely N-dealkylation sites (tertiary alicyclic amines) is 1. The lowest BCUT2D eigenvalue weighted by Crippen LogP contribution is -2.46. The van der Waals surface area contributed by atoms with Crippen molar-refractivity contribution in [2.45, 2.75) is 18.9 Å². The fourth-order valence-electron chi connectivity index (χ4n) is 2.27. The molecule has 0 bridgehead atoms. The second-order valence-corrected chi connectivity index (χ2v) is 5.75. The summed E-state index contributed by atoms with van der Waals surface area (Å²) in [6.45, 7) is 1.31. The molecule has 110 valence electrons. The second-order valence-electron chi connectivity index (χ2n) is 4.80. The van der Waals surface area contributed by atoms with E-state index in [1.807, 2.05) is 17.5 Å². The van der Waals surface area contributed by atoms with Gasteiger partial charge in [0.15, 0.2) is 0 Å². The molecular formula is C14H16N4O2S. The van der Waals surface area contributed by atoms with Gasteiger partial charge in [0.05, 0.1) is 11.5 Å². The summed E-state index contributed by atoms with van der Waals surface area (Å²) in [7, 11) is 0. The van der Waals surface area contributed by atoms with Gasteiger partial charge in [-0.15, -0.1) is 16.4 Å². The van der Waals surface area contributed by atoms with Gasteiger partial charge >= 0.3 is 6.03 Å². The molecule has 1 fully saturated rings. The quantitative estimate of drug-likeness (QED) is 0.946. The number of anilines is 1. The lowest BCUT2D eigenvalue weighted by molar-refractivity contribution is 0.102. The number of hydrogen-bond acceptors (Lipinski definition) is 5. The summed E-state index contributed by atoms with van der Waals surface area (Å²) in [5.41, 5.74) is 0. The average Bonchev–Trinajstić information content (AvgIpc) is 3.01. The minimum absolute atomic E-state index is 0.0375. The number of urea groups is 1. The Morgan fingerprint density at radius 1 is 1.43 bits per heavy atom. The normalized spacial score (nSPS) is 18.3. The molecule has 1 aliphatic heterocycles. The molecule has 0 aliphatic carbocycles. The molecule has 0 saturated carbocycles. The number of carbonyl (C=O) groups excluding carboxylic acids is 1. The summed E-state index contributed by atoms with van der Waals surface area (Å²) in [5.74, 6) is 0.503. The number of ether oxygens (including phenoxy) is 1. The molecule has 0 aromatic carbocycles. The van der Waals surface area contributed by atoms with Crippen molar-refractivity contribution >= 4 is 22.4 Å². The Morgan fingerprint density at radius 3 is 3.14 bits per heavy atom. The first-order valence-corrected chi connectivity index (χ1v) is 7.73. The summed E-state index contributed by atoms with van der Waals surface area (Å²) < 4.78 is 5.78. The smallest absolute Gasteiger partial charge is 0.322 e. The third-order valence-electron chi connectivity index (χ3n) is 3.25. The van der Waals surface area contributed by atoms with E-state index < -0.39 is 0 Å². The van der Waals surface area contributed by atoms with E-state index in [-0.39, 0.29) is 12.1 Å². The minimum Gasteiger partial charge on any atom is -0.471 e. The van der Waals surface area contributed by atoms with Crippen LogP contribution in [0.5, 0.6) is 5.88 Å². The van der Waals surface area contributed by atoms with Crippen LogP contribution in [0.2, 0.25) is 0 Å². The van der Waals surface area contributed by atoms with E-state index in [9.17, 15) is 4.79 Å². The second kappa shape index (κ2) is 6.53. The van der Waals surface area contributed by atoms with Crippen LogP contribution in [-0.4, -0.2) is 40.3 Å². The van der Waals surface area contributed by atoms with Crippen LogP contribution < -0.4 is 10.1 Å². The van der Waals surface area contributed by atoms with Gasteiger partial charge in [-0.25, -0.2) is 4.79 Å². The highest BCUT2D eigenvalue weighted by Crippen LogP contribution is 2.19. The van der Waals surface area contributed by atoms with Gasteiger partial charge in [0.25, 0.3) is 0 Å². The largest absolute Gasteiger partial charge is 0.471 e. The van der Waals surface area contributed by atoms with Crippen molar-refractivity contribution in [2.75, 3.05) is 18.4 Å². The molecule has 1 atom stereocenters. The number of amides is 2. The molecule has 1 saturated heterocycles. The standard InChI is InChI=1S/C14H16N4O2S/c19-14(16-13-6-3-9-21-13)18-8-2-4-11(10-18)20-12-5-1-7-15-17-12/h1,3,5-7,9,11H,2,4,8,10H2,(H,16,19)/t11-/m1/s1. The van der Waals surface area contributed by atoms with Crippen molar-refractivity contribution in [2.24, 2.45) is 0 Å². The predicted molar refractivity (Wildman–Crippen MR) is 80.6 cm³/mol. The number of nitrogens with zero attached hydrogens (tertiary/aromatic N) is 3. The van der Waals surface area contributed by atoms with Crippen LogP contribution in [0, 0.1) is 0 Å². The Labute approximate surface area is 126 Å². The van der Waals surface area contributed by atoms with Gasteiger partial charge in [-0.1, -0.05) is 0 Å². The van der Waals surface area contributed by atoms with E-state index in [1.54, 1.807) is 23.2 Å². The van der Waals surface area contributed by atoms with Crippen molar-refractivity contribution in [3.8, 4) is 5.88 Å². The van der Waals surface area contributed by atoms with E-state index in [2.05, 4.69) is 15.5 Å². The van der Waals surface area contributed by atoms with Gasteiger partial charge in [0, 0.05) is 18.8 Å². The van der Waals surface area contributed by atoms with Gasteiger partial charge in [0.1, 0.15) is 6.10 Å². The fourth-order valence-corrected chi connectivity index (χ4v) is 2.88. The highest BCUT2D eigenvalue weighted by molar-refractivity contribution is 7.14. The van der Waals surface area contributed by atoms with Gasteiger partial charge in [-0.3, -0.25) is 5.32 Å². The third kappa shape index (κ3) is 3.69. The number of rotatable bonds is 3. The Morgan fingerprint density at radius 2 is 2.38 bits per heavy atom. The number of piperidine rings is 1. The Hall–Kier alpha value is -2.15. The van der Waals surface area contributed by atoms with E-state index in [0.717, 1.165) is 24.4 Å². The van der Waals surface area contributed by atoms with E-state index in [1.165, 1.54) is 11.3 Å². The van der Waals surface area contributed by atoms with Crippen molar-refractivity contribution in [3.05, 3.63) is 35.8 Å². The lowest BCUT2D eigenvalue weighted by Gasteiger charge is -2.32. The molecule has 2 amide bonds. The van der Waals surface area contributed by atoms with Crippen molar-refractivity contribution in [1.82, 2.24) is 15.1 Å². The first-order chi connectivity index (χ1) is 10.3. The number of nitrogens with one attached hydrogen (secondary N) is 1. The van der Waals surface area contributed by atoms with Crippen LogP contribution in [0.15, 0.2) is 35.8 Å². The zero-order chi connectivity index (χ0) is 14.5. The van der Waals surface area contributed by atoms with E-state index in [4.69, 9.17) is 4.74 Å². The molecule has 1 aliphatic rings. The Bertz CT molecular complexity index is 576. The highest BCUT2D eigenvalue weighted by Gasteiger charge is 2.25. The Kier molecular flexibility index (Phi) is 4.30. The van der Waals surface area contributed by atoms with Gasteiger partial charge < -0.3 is 9.64 Å². The predicted octanol–water partition coefficient (Wildman–Crippen LogP) is 2.61. The zero-order valence-electron chi connectivity index (χ0n) is 11.4. The van der Waals surface area contributed by atoms with Gasteiger partial charge in [-0.2, -0.15) is 5.10 Å². The summed E-state index contributed by atoms with van der Waals surface area (Å²) >= 11 is 1.51. The van der Waals surface area contributed by atoms with E-state index in [0.29, 0.717) is 12.4 Å². The van der Waals surface area contributed by atoms with Crippen molar-refractivity contribution < 1.29 is 9.53 Å². The SMILES string of the molecule is O=C(Nc1cccs1)N1CCC[C@@H](Oc2cccnn2)C1. The lowest BCUT2D eigenvalue weighted by atomic mass is 10.1. The summed E-state index contributed by atoms with van der Waals surface area (Å²) in [6.07, 6.45) is 3.40. The van der Waals surface area contributed by atoms with Crippen LogP contribution in [0.3, 0.4) is 0 Å². The maximum atomic E-state index is 12.2. The number of carbonyl (C=O) groups is 1. The number of thiophene rings is 1. The van der Waals surface area contributed by atoms with Gasteiger partial charge in [0.2, 0.25) is 5.88 Å². The number of aromatic nitrogens is 2. The van der Waals surface area contributed by atoms with Crippen LogP contribution in [0.1, 0.15) is 12.8 Å². The summed E-state index contributed by atoms with van der Waals surface area (Å²) in [4.78, 5) is 14.0. The minimum atomic E-state index is -0.0788. The molecule has 3 rings (SSSR count). The Balaban J connectivity index is 1.56. The molecule has 6 nitrogen and oxygen atoms in total. The van der Waals surface area contributed by atoms with Gasteiger partial charge in [-0.05, 0) is 36.4 Å². The van der Waals surface area contributed by atoms with Crippen molar-refractivity contribution in [3.63, 3.8) is 0 Å². The third-order valence-corrected chi connectivity index (χ3v) is 4.04. The molecule has 2 aromatic rings. The summed E-state index contributed by atoms with van der Waals surface area (Å²) in [5, 5.41) is 13.4. The molecule has 0 radical (unpaired) electrons. The van der Waals surface area contributed by atoms with Crippen LogP contribution >= 0.6 is 11.3 Å². The molecular weight excluding hydrogens is 288 g/mol. The molecule has 21 heavy (non-hydrogen) atoms. The zero-order valence-corrected chi connectivity index (χ0v) is 12.3. The van der Waals surface area contributed by atoms with Crippen molar-refractivity contribution in [1.29, 1.82) is 0 Å². The summed E-state index contributed by atoms with van der Waals surface area (Å²) in [6, 6.07) is 7.28. The van der Waals surface area contributed by atoms with Crippen LogP contribution in [0.25, 0.3) is 0 Å². The highest BCUT2D eigenvalue weighted by atomic mass is 32.1. The first-order valence-electron chi connectivity index (χ1n) is 6.85. The average molecular weight is 304 g/mol. The topological polar surface area (TPSA) is 67.4 Å². The molecule has 0 unspecified atom stereocenters. The molecule has 1 N–H and O–H groups in total. The maximum Gasteiger partial charge on any atom is 0.322 e.